The van der Waals surface area contributed by atoms with Crippen LogP contribution in [0.25, 0.3) is 10.9 Å². The first kappa shape index (κ1) is 27.2. The van der Waals surface area contributed by atoms with Gasteiger partial charge in [-0.1, -0.05) is 37.9 Å². The number of carbonyl (C=O) groups is 3. The Morgan fingerprint density at radius 1 is 0.816 bits per heavy atom. The van der Waals surface area contributed by atoms with Gasteiger partial charge in [-0.25, -0.2) is 4.68 Å². The Morgan fingerprint density at radius 3 is 2.24 bits per heavy atom. The smallest absolute Gasteiger partial charge is 0.328 e. The van der Waals surface area contributed by atoms with Crippen molar-refractivity contribution in [2.75, 3.05) is 31.5 Å². The van der Waals surface area contributed by atoms with Gasteiger partial charge >= 0.3 is 11.8 Å². The number of nitrogens with zero attached hydrogens (tertiary/aromatic N) is 1. The summed E-state index contributed by atoms with van der Waals surface area (Å²) in [5, 5.41) is 6.13. The summed E-state index contributed by atoms with van der Waals surface area (Å²) in [5.74, 6) is -1.01. The number of amides is 3. The van der Waals surface area contributed by atoms with E-state index < -0.39 is 17.7 Å². The molecule has 4 aromatic rings. The molecule has 0 saturated carbocycles. The van der Waals surface area contributed by atoms with Crippen LogP contribution in [0.1, 0.15) is 16.1 Å². The van der Waals surface area contributed by atoms with Crippen molar-refractivity contribution in [2.24, 2.45) is 0 Å². The van der Waals surface area contributed by atoms with E-state index in [9.17, 15) is 14.4 Å². The summed E-state index contributed by atoms with van der Waals surface area (Å²) in [6.45, 7) is 0.220. The van der Waals surface area contributed by atoms with Gasteiger partial charge in [0.05, 0.1) is 19.7 Å². The minimum Gasteiger partial charge on any atom is -0.493 e. The van der Waals surface area contributed by atoms with Crippen LogP contribution >= 0.6 is 31.9 Å². The first-order valence-electron chi connectivity index (χ1n) is 11.5. The molecule has 0 atom stereocenters. The fourth-order valence-corrected chi connectivity index (χ4v) is 4.43. The second kappa shape index (κ2) is 12.1. The van der Waals surface area contributed by atoms with Crippen LogP contribution in [-0.4, -0.2) is 43.2 Å². The summed E-state index contributed by atoms with van der Waals surface area (Å²) in [5.41, 5.74) is 4.75. The summed E-state index contributed by atoms with van der Waals surface area (Å²) in [7, 11) is 3.10. The summed E-state index contributed by atoms with van der Waals surface area (Å²) in [6.07, 6.45) is 0.473. The SMILES string of the molecule is COc1ccc(CCNC(=O)C(=O)Nn2c(C(=O)Nc3ccc(Br)cc3)cc3cc(Br)ccc32)cc1OC. The quantitative estimate of drug-likeness (QED) is 0.238. The molecule has 0 unspecified atom stereocenters. The number of hydrogen-bond donors (Lipinski definition) is 3. The molecule has 3 aromatic carbocycles. The van der Waals surface area contributed by atoms with Gasteiger partial charge in [-0.15, -0.1) is 0 Å². The molecule has 196 valence electrons. The van der Waals surface area contributed by atoms with Gasteiger partial charge in [0.1, 0.15) is 5.69 Å². The maximum absolute atomic E-state index is 13.1. The fraction of sp³-hybridized carbons (Fsp3) is 0.148. The predicted octanol–water partition coefficient (Wildman–Crippen LogP) is 4.86. The van der Waals surface area contributed by atoms with Gasteiger partial charge in [-0.2, -0.15) is 0 Å². The highest BCUT2D eigenvalue weighted by Gasteiger charge is 2.21. The molecule has 3 amide bonds. The first-order chi connectivity index (χ1) is 18.3. The zero-order valence-corrected chi connectivity index (χ0v) is 23.7. The first-order valence-corrected chi connectivity index (χ1v) is 13.1. The van der Waals surface area contributed by atoms with E-state index in [0.29, 0.717) is 34.5 Å². The van der Waals surface area contributed by atoms with E-state index in [0.717, 1.165) is 14.5 Å². The molecule has 0 spiro atoms. The molecule has 0 fully saturated rings. The number of anilines is 1. The molecule has 38 heavy (non-hydrogen) atoms. The Hall–Kier alpha value is -3.83. The summed E-state index contributed by atoms with van der Waals surface area (Å²) in [6, 6.07) is 19.5. The second-order valence-electron chi connectivity index (χ2n) is 8.17. The minimum atomic E-state index is -0.907. The van der Waals surface area contributed by atoms with Crippen molar-refractivity contribution in [1.29, 1.82) is 0 Å². The molecule has 4 rings (SSSR count). The number of nitrogens with one attached hydrogen (secondary N) is 3. The molecule has 0 radical (unpaired) electrons. The van der Waals surface area contributed by atoms with E-state index in [-0.39, 0.29) is 12.2 Å². The third-order valence-electron chi connectivity index (χ3n) is 5.67. The average Bonchev–Trinajstić information content (AvgIpc) is 3.26. The molecule has 0 aliphatic heterocycles. The van der Waals surface area contributed by atoms with Crippen molar-refractivity contribution < 1.29 is 23.9 Å². The molecule has 1 heterocycles. The van der Waals surface area contributed by atoms with Crippen molar-refractivity contribution >= 4 is 66.2 Å². The van der Waals surface area contributed by atoms with Gasteiger partial charge in [0.2, 0.25) is 0 Å². The van der Waals surface area contributed by atoms with Gasteiger partial charge < -0.3 is 20.1 Å². The summed E-state index contributed by atoms with van der Waals surface area (Å²) in [4.78, 5) is 38.5. The third kappa shape index (κ3) is 6.35. The molecule has 0 aliphatic carbocycles. The maximum atomic E-state index is 13.1. The molecule has 11 heteroatoms. The number of ether oxygens (including phenoxy) is 2. The molecule has 3 N–H and O–H groups in total. The number of methoxy groups -OCH3 is 2. The van der Waals surface area contributed by atoms with Crippen LogP contribution in [0.5, 0.6) is 11.5 Å². The van der Waals surface area contributed by atoms with Crippen molar-refractivity contribution in [2.45, 2.75) is 6.42 Å². The Balaban J connectivity index is 1.47. The zero-order valence-electron chi connectivity index (χ0n) is 20.5. The summed E-state index contributed by atoms with van der Waals surface area (Å²) < 4.78 is 13.5. The van der Waals surface area contributed by atoms with Crippen LogP contribution in [-0.2, 0) is 16.0 Å². The van der Waals surface area contributed by atoms with E-state index >= 15 is 0 Å². The van der Waals surface area contributed by atoms with E-state index in [1.54, 1.807) is 62.8 Å². The van der Waals surface area contributed by atoms with Crippen LogP contribution in [0, 0.1) is 0 Å². The van der Waals surface area contributed by atoms with Gasteiger partial charge in [-0.05, 0) is 72.6 Å². The van der Waals surface area contributed by atoms with Crippen LogP contribution in [0.4, 0.5) is 5.69 Å². The fourth-order valence-electron chi connectivity index (χ4n) is 3.79. The van der Waals surface area contributed by atoms with Crippen molar-refractivity contribution in [3.8, 4) is 11.5 Å². The maximum Gasteiger partial charge on any atom is 0.328 e. The number of aromatic nitrogens is 1. The second-order valence-corrected chi connectivity index (χ2v) is 10.00. The van der Waals surface area contributed by atoms with E-state index in [4.69, 9.17) is 9.47 Å². The predicted molar refractivity (Wildman–Crippen MR) is 152 cm³/mol. The highest BCUT2D eigenvalue weighted by atomic mass is 79.9. The number of benzene rings is 3. The lowest BCUT2D eigenvalue weighted by atomic mass is 10.1. The average molecular weight is 644 g/mol. The lowest BCUT2D eigenvalue weighted by Crippen LogP contribution is -2.40. The Kier molecular flexibility index (Phi) is 8.70. The lowest BCUT2D eigenvalue weighted by molar-refractivity contribution is -0.136. The van der Waals surface area contributed by atoms with E-state index in [1.165, 1.54) is 4.68 Å². The molecule has 0 aliphatic rings. The van der Waals surface area contributed by atoms with Crippen LogP contribution in [0.2, 0.25) is 0 Å². The molecular weight excluding hydrogens is 620 g/mol. The molecular formula is C27H24Br2N4O5. The van der Waals surface area contributed by atoms with Crippen molar-refractivity contribution in [1.82, 2.24) is 9.99 Å². The highest BCUT2D eigenvalue weighted by molar-refractivity contribution is 9.10. The van der Waals surface area contributed by atoms with Crippen LogP contribution < -0.4 is 25.5 Å². The van der Waals surface area contributed by atoms with Gasteiger partial charge in [0.15, 0.2) is 11.5 Å². The Labute approximate surface area is 235 Å². The van der Waals surface area contributed by atoms with Gasteiger partial charge in [-0.3, -0.25) is 19.8 Å². The molecule has 0 saturated heterocycles. The number of carbonyl (C=O) groups excluding carboxylic acids is 3. The zero-order chi connectivity index (χ0) is 27.2. The largest absolute Gasteiger partial charge is 0.493 e. The van der Waals surface area contributed by atoms with Crippen molar-refractivity contribution in [3.63, 3.8) is 0 Å². The third-order valence-corrected chi connectivity index (χ3v) is 6.69. The van der Waals surface area contributed by atoms with Crippen molar-refractivity contribution in [3.05, 3.63) is 86.9 Å². The Bertz CT molecular complexity index is 1500. The summed E-state index contributed by atoms with van der Waals surface area (Å²) >= 11 is 6.79. The topological polar surface area (TPSA) is 111 Å². The van der Waals surface area contributed by atoms with Gasteiger partial charge in [0, 0.05) is 26.6 Å². The Morgan fingerprint density at radius 2 is 1.53 bits per heavy atom. The minimum absolute atomic E-state index is 0.160. The van der Waals surface area contributed by atoms with E-state index in [1.807, 2.05) is 18.2 Å². The van der Waals surface area contributed by atoms with E-state index in [2.05, 4.69) is 47.9 Å². The number of hydrogen-bond acceptors (Lipinski definition) is 5. The van der Waals surface area contributed by atoms with Gasteiger partial charge in [0.25, 0.3) is 5.91 Å². The monoisotopic (exact) mass is 642 g/mol. The van der Waals surface area contributed by atoms with Crippen LogP contribution in [0.3, 0.4) is 0 Å². The normalized spacial score (nSPS) is 10.6. The highest BCUT2D eigenvalue weighted by Crippen LogP contribution is 2.28. The molecule has 9 nitrogen and oxygen atoms in total. The number of rotatable bonds is 8. The standard InChI is InChI=1S/C27H24Br2N4O5/c1-37-23-10-3-16(13-24(23)38-2)11-12-30-26(35)27(36)32-33-21-9-6-19(29)14-17(21)15-22(33)25(34)31-20-7-4-18(28)5-8-20/h3-10,13-15H,11-12H2,1-2H3,(H,30,35)(H,31,34)(H,32,36). The number of fused-ring (bicyclic) bond motifs is 1. The lowest BCUT2D eigenvalue weighted by Gasteiger charge is -2.13. The molecule has 0 bridgehead atoms. The number of halogens is 2. The molecule has 1 aromatic heterocycles. The van der Waals surface area contributed by atoms with Crippen LogP contribution in [0.15, 0.2) is 75.7 Å².